The molecule has 104 valence electrons. The summed E-state index contributed by atoms with van der Waals surface area (Å²) in [6.07, 6.45) is 0. The van der Waals surface area contributed by atoms with E-state index in [0.29, 0.717) is 18.2 Å². The van der Waals surface area contributed by atoms with Crippen LogP contribution in [0.4, 0.5) is 5.69 Å². The molecule has 0 aliphatic carbocycles. The van der Waals surface area contributed by atoms with Gasteiger partial charge in [-0.1, -0.05) is 11.6 Å². The summed E-state index contributed by atoms with van der Waals surface area (Å²) in [6.45, 7) is 6.97. The van der Waals surface area contributed by atoms with Gasteiger partial charge in [0.15, 0.2) is 0 Å². The Kier molecular flexibility index (Phi) is 3.90. The predicted octanol–water partition coefficient (Wildman–Crippen LogP) is 2.88. The Morgan fingerprint density at radius 3 is 2.89 bits per heavy atom. The van der Waals surface area contributed by atoms with Gasteiger partial charge in [-0.05, 0) is 39.0 Å². The van der Waals surface area contributed by atoms with E-state index < -0.39 is 5.60 Å². The summed E-state index contributed by atoms with van der Waals surface area (Å²) in [5.74, 6) is 0.500. The van der Waals surface area contributed by atoms with Crippen molar-refractivity contribution in [2.75, 3.05) is 24.6 Å². The van der Waals surface area contributed by atoms with Crippen molar-refractivity contribution in [3.63, 3.8) is 0 Å². The predicted molar refractivity (Wildman–Crippen MR) is 75.0 cm³/mol. The van der Waals surface area contributed by atoms with E-state index in [1.807, 2.05) is 31.7 Å². The Hall–Kier alpha value is -1.42. The van der Waals surface area contributed by atoms with Crippen LogP contribution in [0.15, 0.2) is 18.2 Å². The molecule has 5 heteroatoms. The van der Waals surface area contributed by atoms with E-state index in [-0.39, 0.29) is 12.5 Å². The Bertz CT molecular complexity index is 482. The van der Waals surface area contributed by atoms with E-state index in [9.17, 15) is 4.79 Å². The zero-order valence-corrected chi connectivity index (χ0v) is 12.2. The standard InChI is InChI=1S/C14H18ClNO3/c1-14(2,3)19-13(17)9-16-6-7-18-12-5-4-10(15)8-11(12)16/h4-5,8H,6-7,9H2,1-3H3. The maximum absolute atomic E-state index is 11.9. The summed E-state index contributed by atoms with van der Waals surface area (Å²) in [7, 11) is 0. The fraction of sp³-hybridized carbons (Fsp3) is 0.500. The van der Waals surface area contributed by atoms with E-state index in [1.54, 1.807) is 12.1 Å². The van der Waals surface area contributed by atoms with E-state index in [2.05, 4.69) is 0 Å². The molecule has 0 atom stereocenters. The van der Waals surface area contributed by atoms with E-state index in [1.165, 1.54) is 0 Å². The van der Waals surface area contributed by atoms with E-state index >= 15 is 0 Å². The summed E-state index contributed by atoms with van der Waals surface area (Å²) in [4.78, 5) is 13.8. The number of carbonyl (C=O) groups is 1. The second-order valence-corrected chi connectivity index (χ2v) is 5.90. The fourth-order valence-corrected chi connectivity index (χ4v) is 2.11. The minimum atomic E-state index is -0.472. The number of hydrogen-bond acceptors (Lipinski definition) is 4. The van der Waals surface area contributed by atoms with Crippen molar-refractivity contribution < 1.29 is 14.3 Å². The average Bonchev–Trinajstić information content (AvgIpc) is 2.27. The number of halogens is 1. The van der Waals surface area contributed by atoms with Crippen LogP contribution in [0.5, 0.6) is 5.75 Å². The van der Waals surface area contributed by atoms with Crippen LogP contribution < -0.4 is 9.64 Å². The van der Waals surface area contributed by atoms with Gasteiger partial charge in [0.05, 0.1) is 12.2 Å². The number of ether oxygens (including phenoxy) is 2. The fourth-order valence-electron chi connectivity index (χ4n) is 1.94. The van der Waals surface area contributed by atoms with Gasteiger partial charge in [0.25, 0.3) is 0 Å². The van der Waals surface area contributed by atoms with Gasteiger partial charge in [0, 0.05) is 5.02 Å². The van der Waals surface area contributed by atoms with Gasteiger partial charge in [-0.2, -0.15) is 0 Å². The maximum atomic E-state index is 11.9. The Balaban J connectivity index is 2.11. The number of anilines is 1. The van der Waals surface area contributed by atoms with Crippen molar-refractivity contribution in [2.24, 2.45) is 0 Å². The van der Waals surface area contributed by atoms with Crippen molar-refractivity contribution in [3.05, 3.63) is 23.2 Å². The van der Waals surface area contributed by atoms with Crippen LogP contribution in [0.25, 0.3) is 0 Å². The number of esters is 1. The monoisotopic (exact) mass is 283 g/mol. The lowest BCUT2D eigenvalue weighted by Gasteiger charge is -2.31. The molecule has 0 amide bonds. The molecule has 0 bridgehead atoms. The number of hydrogen-bond donors (Lipinski definition) is 0. The Morgan fingerprint density at radius 2 is 2.21 bits per heavy atom. The van der Waals surface area contributed by atoms with Crippen LogP contribution in [0.3, 0.4) is 0 Å². The van der Waals surface area contributed by atoms with Crippen molar-refractivity contribution in [1.29, 1.82) is 0 Å². The minimum absolute atomic E-state index is 0.202. The first kappa shape index (κ1) is 14.0. The smallest absolute Gasteiger partial charge is 0.326 e. The first-order chi connectivity index (χ1) is 8.85. The third-order valence-corrected chi connectivity index (χ3v) is 2.86. The number of carbonyl (C=O) groups excluding carboxylic acids is 1. The van der Waals surface area contributed by atoms with Gasteiger partial charge in [0.1, 0.15) is 24.5 Å². The molecule has 0 fully saturated rings. The zero-order chi connectivity index (χ0) is 14.0. The molecule has 1 aliphatic rings. The molecule has 0 saturated carbocycles. The van der Waals surface area contributed by atoms with Gasteiger partial charge >= 0.3 is 5.97 Å². The van der Waals surface area contributed by atoms with Crippen LogP contribution >= 0.6 is 11.6 Å². The lowest BCUT2D eigenvalue weighted by Crippen LogP contribution is -2.39. The molecule has 1 aliphatic heterocycles. The van der Waals surface area contributed by atoms with Crippen LogP contribution in [0, 0.1) is 0 Å². The maximum Gasteiger partial charge on any atom is 0.326 e. The zero-order valence-electron chi connectivity index (χ0n) is 11.4. The van der Waals surface area contributed by atoms with Gasteiger partial charge < -0.3 is 14.4 Å². The lowest BCUT2D eigenvalue weighted by atomic mass is 10.2. The molecular weight excluding hydrogens is 266 g/mol. The molecule has 19 heavy (non-hydrogen) atoms. The molecule has 0 aromatic heterocycles. The number of nitrogens with zero attached hydrogens (tertiary/aromatic N) is 1. The molecule has 0 saturated heterocycles. The highest BCUT2D eigenvalue weighted by Gasteiger charge is 2.23. The quantitative estimate of drug-likeness (QED) is 0.783. The topological polar surface area (TPSA) is 38.8 Å². The molecule has 1 heterocycles. The highest BCUT2D eigenvalue weighted by Crippen LogP contribution is 2.33. The molecule has 2 rings (SSSR count). The van der Waals surface area contributed by atoms with Crippen LogP contribution in [-0.4, -0.2) is 31.3 Å². The molecule has 4 nitrogen and oxygen atoms in total. The molecule has 0 unspecified atom stereocenters. The van der Waals surface area contributed by atoms with Crippen molar-refractivity contribution >= 4 is 23.3 Å². The SMILES string of the molecule is CC(C)(C)OC(=O)CN1CCOc2ccc(Cl)cc21. The average molecular weight is 284 g/mol. The van der Waals surface area contributed by atoms with Crippen molar-refractivity contribution in [3.8, 4) is 5.75 Å². The molecule has 0 N–H and O–H groups in total. The first-order valence-corrected chi connectivity index (χ1v) is 6.62. The summed E-state index contributed by atoms with van der Waals surface area (Å²) >= 11 is 5.99. The first-order valence-electron chi connectivity index (χ1n) is 6.24. The van der Waals surface area contributed by atoms with Gasteiger partial charge in [0.2, 0.25) is 0 Å². The number of rotatable bonds is 2. The molecular formula is C14H18ClNO3. The number of fused-ring (bicyclic) bond motifs is 1. The molecule has 0 radical (unpaired) electrons. The summed E-state index contributed by atoms with van der Waals surface area (Å²) in [6, 6.07) is 5.40. The second-order valence-electron chi connectivity index (χ2n) is 5.47. The molecule has 1 aromatic rings. The highest BCUT2D eigenvalue weighted by atomic mass is 35.5. The van der Waals surface area contributed by atoms with Gasteiger partial charge in [-0.3, -0.25) is 4.79 Å². The minimum Gasteiger partial charge on any atom is -0.490 e. The summed E-state index contributed by atoms with van der Waals surface area (Å²) < 4.78 is 10.9. The Labute approximate surface area is 118 Å². The Morgan fingerprint density at radius 1 is 1.47 bits per heavy atom. The normalized spacial score (nSPS) is 14.6. The van der Waals surface area contributed by atoms with E-state index in [4.69, 9.17) is 21.1 Å². The largest absolute Gasteiger partial charge is 0.490 e. The third-order valence-electron chi connectivity index (χ3n) is 2.62. The van der Waals surface area contributed by atoms with Gasteiger partial charge in [-0.15, -0.1) is 0 Å². The van der Waals surface area contributed by atoms with Crippen LogP contribution in [-0.2, 0) is 9.53 Å². The lowest BCUT2D eigenvalue weighted by molar-refractivity contribution is -0.153. The second kappa shape index (κ2) is 5.29. The molecule has 1 aromatic carbocycles. The van der Waals surface area contributed by atoms with E-state index in [0.717, 1.165) is 11.4 Å². The van der Waals surface area contributed by atoms with Crippen LogP contribution in [0.1, 0.15) is 20.8 Å². The van der Waals surface area contributed by atoms with Gasteiger partial charge in [-0.25, -0.2) is 0 Å². The van der Waals surface area contributed by atoms with Crippen LogP contribution in [0.2, 0.25) is 5.02 Å². The highest BCUT2D eigenvalue weighted by molar-refractivity contribution is 6.31. The van der Waals surface area contributed by atoms with Crippen molar-refractivity contribution in [2.45, 2.75) is 26.4 Å². The summed E-state index contributed by atoms with van der Waals surface area (Å²) in [5, 5.41) is 0.624. The number of benzene rings is 1. The van der Waals surface area contributed by atoms with Crippen molar-refractivity contribution in [1.82, 2.24) is 0 Å². The summed E-state index contributed by atoms with van der Waals surface area (Å²) in [5.41, 5.74) is 0.366. The molecule has 0 spiro atoms. The third kappa shape index (κ3) is 3.77.